The number of carbonyl (C=O) groups is 2. The van der Waals surface area contributed by atoms with Gasteiger partial charge < -0.3 is 15.3 Å². The lowest BCUT2D eigenvalue weighted by molar-refractivity contribution is 0.0785. The van der Waals surface area contributed by atoms with Gasteiger partial charge in [0.1, 0.15) is 0 Å². The number of carboxylic acid groups (broad SMARTS) is 2. The average Bonchev–Trinajstić information content (AvgIpc) is 3.31. The summed E-state index contributed by atoms with van der Waals surface area (Å²) < 4.78 is 31.1. The number of halogens is 2. The van der Waals surface area contributed by atoms with Gasteiger partial charge in [-0.1, -0.05) is 29.8 Å². The summed E-state index contributed by atoms with van der Waals surface area (Å²) in [5.74, 6) is -2.25. The number of benzene rings is 1. The number of imide groups is 1. The third kappa shape index (κ3) is 6.45. The highest BCUT2D eigenvalue weighted by molar-refractivity contribution is 7.84. The van der Waals surface area contributed by atoms with E-state index >= 15 is 0 Å². The Morgan fingerprint density at radius 2 is 1.76 bits per heavy atom. The highest BCUT2D eigenvalue weighted by atomic mass is 35.5. The summed E-state index contributed by atoms with van der Waals surface area (Å²) in [7, 11) is -1.72. The van der Waals surface area contributed by atoms with Crippen LogP contribution in [0.1, 0.15) is 56.8 Å². The van der Waals surface area contributed by atoms with Gasteiger partial charge in [-0.3, -0.25) is 4.98 Å². The summed E-state index contributed by atoms with van der Waals surface area (Å²) in [6.45, 7) is 8.55. The molecule has 2 amide bonds. The first-order valence-corrected chi connectivity index (χ1v) is 14.8. The van der Waals surface area contributed by atoms with Crippen molar-refractivity contribution in [3.8, 4) is 11.3 Å². The zero-order valence-electron chi connectivity index (χ0n) is 23.2. The van der Waals surface area contributed by atoms with Gasteiger partial charge in [-0.05, 0) is 69.8 Å². The molecule has 14 heteroatoms. The van der Waals surface area contributed by atoms with Gasteiger partial charge in [0.05, 0.1) is 43.8 Å². The molecule has 0 fully saturated rings. The van der Waals surface area contributed by atoms with E-state index in [-0.39, 0.29) is 15.6 Å². The van der Waals surface area contributed by atoms with E-state index in [1.165, 1.54) is 11.3 Å². The van der Waals surface area contributed by atoms with Crippen LogP contribution in [0, 0.1) is 5.82 Å². The number of nitrogens with zero attached hydrogens (tertiary/aromatic N) is 3. The number of amides is 2. The van der Waals surface area contributed by atoms with E-state index in [4.69, 9.17) is 11.6 Å². The quantitative estimate of drug-likeness (QED) is 0.176. The Bertz CT molecular complexity index is 1700. The molecule has 4 rings (SSSR count). The summed E-state index contributed by atoms with van der Waals surface area (Å²) in [6, 6.07) is 10.6. The number of aliphatic hydroxyl groups is 1. The van der Waals surface area contributed by atoms with Crippen LogP contribution in [-0.4, -0.2) is 46.4 Å². The molecule has 42 heavy (non-hydrogen) atoms. The van der Waals surface area contributed by atoms with Gasteiger partial charge in [-0.25, -0.2) is 27.9 Å². The Kier molecular flexibility index (Phi) is 8.72. The van der Waals surface area contributed by atoms with Crippen LogP contribution in [0.4, 0.5) is 19.8 Å². The van der Waals surface area contributed by atoms with Crippen LogP contribution in [0.15, 0.2) is 48.7 Å². The number of fused-ring (bicyclic) bond motifs is 1. The standard InChI is InChI=1S/C28H28ClFN4O6S2/c1-27(2,3)42(40)33-22(21-17(29)13-18(30)24(32-21)34(25(35)36)26(37)38)20-11-14-7-6-8-16(23(14)41-20)19-12-15(9-10-31-19)28(4,5)39/h6-13,22,33,39H,1-5H3,(H,35,36)(H,37,38)/t22-,42?/m0/s1. The predicted molar refractivity (Wildman–Crippen MR) is 161 cm³/mol. The molecular weight excluding hydrogens is 607 g/mol. The maximum Gasteiger partial charge on any atom is 0.422 e. The zero-order valence-corrected chi connectivity index (χ0v) is 25.6. The molecule has 0 aliphatic rings. The van der Waals surface area contributed by atoms with Crippen molar-refractivity contribution < 1.29 is 33.5 Å². The van der Waals surface area contributed by atoms with Crippen molar-refractivity contribution in [1.29, 1.82) is 0 Å². The molecule has 0 spiro atoms. The van der Waals surface area contributed by atoms with E-state index in [0.717, 1.165) is 21.7 Å². The fourth-order valence-corrected chi connectivity index (χ4v) is 6.38. The summed E-state index contributed by atoms with van der Waals surface area (Å²) in [4.78, 5) is 32.1. The summed E-state index contributed by atoms with van der Waals surface area (Å²) in [5.41, 5.74) is 0.814. The highest BCUT2D eigenvalue weighted by Gasteiger charge is 2.33. The van der Waals surface area contributed by atoms with Gasteiger partial charge in [0.25, 0.3) is 0 Å². The maximum absolute atomic E-state index is 14.8. The lowest BCUT2D eigenvalue weighted by Gasteiger charge is -2.25. The Hall–Kier alpha value is -3.49. The zero-order chi connectivity index (χ0) is 31.1. The van der Waals surface area contributed by atoms with Gasteiger partial charge in [0.2, 0.25) is 0 Å². The topological polar surface area (TPSA) is 153 Å². The first kappa shape index (κ1) is 31.4. The third-order valence-corrected chi connectivity index (χ3v) is 9.29. The maximum atomic E-state index is 14.8. The number of thiophene rings is 1. The first-order valence-electron chi connectivity index (χ1n) is 12.5. The molecule has 2 atom stereocenters. The number of aromatic nitrogens is 2. The van der Waals surface area contributed by atoms with E-state index in [9.17, 15) is 33.5 Å². The van der Waals surface area contributed by atoms with Crippen molar-refractivity contribution in [2.75, 3.05) is 4.90 Å². The highest BCUT2D eigenvalue weighted by Crippen LogP contribution is 2.41. The number of hydrogen-bond donors (Lipinski definition) is 4. The van der Waals surface area contributed by atoms with Gasteiger partial charge in [-0.15, -0.1) is 11.3 Å². The van der Waals surface area contributed by atoms with Gasteiger partial charge >= 0.3 is 12.2 Å². The minimum atomic E-state index is -1.96. The lowest BCUT2D eigenvalue weighted by Crippen LogP contribution is -2.38. The van der Waals surface area contributed by atoms with Crippen LogP contribution in [0.5, 0.6) is 0 Å². The van der Waals surface area contributed by atoms with Gasteiger partial charge in [-0.2, -0.15) is 4.90 Å². The second-order valence-electron chi connectivity index (χ2n) is 10.9. The number of rotatable bonds is 7. The van der Waals surface area contributed by atoms with Crippen molar-refractivity contribution >= 4 is 62.0 Å². The molecule has 4 N–H and O–H groups in total. The summed E-state index contributed by atoms with van der Waals surface area (Å²) in [5, 5.41) is 29.9. The molecule has 222 valence electrons. The monoisotopic (exact) mass is 634 g/mol. The van der Waals surface area contributed by atoms with E-state index in [0.29, 0.717) is 16.1 Å². The van der Waals surface area contributed by atoms with E-state index < -0.39 is 51.2 Å². The van der Waals surface area contributed by atoms with Gasteiger partial charge in [0.15, 0.2) is 11.6 Å². The SMILES string of the molecule is CC(C)(O)c1ccnc(-c2cccc3cc([C@H](NS(=O)C(C)(C)C)c4nc(N(C(=O)O)C(=O)O)c(F)cc4Cl)sc23)c1. The Morgan fingerprint density at radius 1 is 1.10 bits per heavy atom. The molecule has 3 heterocycles. The van der Waals surface area contributed by atoms with Crippen LogP contribution < -0.4 is 9.62 Å². The van der Waals surface area contributed by atoms with Crippen molar-refractivity contribution in [3.05, 3.63) is 75.6 Å². The largest absolute Gasteiger partial charge is 0.464 e. The Morgan fingerprint density at radius 3 is 2.36 bits per heavy atom. The summed E-state index contributed by atoms with van der Waals surface area (Å²) >= 11 is 7.70. The van der Waals surface area contributed by atoms with Gasteiger partial charge in [0, 0.05) is 21.3 Å². The van der Waals surface area contributed by atoms with Crippen LogP contribution in [0.2, 0.25) is 5.02 Å². The normalized spacial score (nSPS) is 13.6. The van der Waals surface area contributed by atoms with Crippen molar-refractivity contribution in [2.45, 2.75) is 51.0 Å². The summed E-state index contributed by atoms with van der Waals surface area (Å²) in [6.07, 6.45) is -2.32. The number of pyridine rings is 2. The number of nitrogens with one attached hydrogen (secondary N) is 1. The molecule has 0 saturated heterocycles. The predicted octanol–water partition coefficient (Wildman–Crippen LogP) is 6.68. The molecule has 10 nitrogen and oxygen atoms in total. The number of hydrogen-bond acceptors (Lipinski definition) is 7. The fourth-order valence-electron chi connectivity index (χ4n) is 4.01. The molecule has 0 bridgehead atoms. The van der Waals surface area contributed by atoms with E-state index in [2.05, 4.69) is 14.7 Å². The smallest absolute Gasteiger partial charge is 0.422 e. The molecule has 1 unspecified atom stereocenters. The molecule has 0 aliphatic heterocycles. The van der Waals surface area contributed by atoms with Crippen molar-refractivity contribution in [1.82, 2.24) is 14.7 Å². The van der Waals surface area contributed by atoms with Crippen LogP contribution in [-0.2, 0) is 16.6 Å². The molecule has 1 aromatic carbocycles. The first-order chi connectivity index (χ1) is 19.5. The number of anilines is 1. The third-order valence-electron chi connectivity index (χ3n) is 6.18. The average molecular weight is 635 g/mol. The molecule has 0 aliphatic carbocycles. The van der Waals surface area contributed by atoms with Crippen LogP contribution >= 0.6 is 22.9 Å². The molecule has 4 aromatic rings. The van der Waals surface area contributed by atoms with E-state index in [1.807, 2.05) is 18.2 Å². The minimum Gasteiger partial charge on any atom is -0.464 e. The Labute approximate surface area is 252 Å². The van der Waals surface area contributed by atoms with E-state index in [1.54, 1.807) is 59.0 Å². The van der Waals surface area contributed by atoms with Crippen molar-refractivity contribution in [3.63, 3.8) is 0 Å². The molecule has 0 radical (unpaired) electrons. The second-order valence-corrected chi connectivity index (χ2v) is 14.3. The van der Waals surface area contributed by atoms with Crippen molar-refractivity contribution in [2.24, 2.45) is 0 Å². The second kappa shape index (κ2) is 11.7. The lowest BCUT2D eigenvalue weighted by atomic mass is 9.97. The molecule has 0 saturated carbocycles. The fraction of sp³-hybridized carbons (Fsp3) is 0.286. The Balaban J connectivity index is 1.94. The van der Waals surface area contributed by atoms with Crippen LogP contribution in [0.3, 0.4) is 0 Å². The van der Waals surface area contributed by atoms with Crippen LogP contribution in [0.25, 0.3) is 21.3 Å². The molecular formula is C28H28ClFN4O6S2. The minimum absolute atomic E-state index is 0.117. The molecule has 3 aromatic heterocycles.